The predicted molar refractivity (Wildman–Crippen MR) is 53.6 cm³/mol. The van der Waals surface area contributed by atoms with Crippen LogP contribution in [-0.4, -0.2) is 35.1 Å². The third kappa shape index (κ3) is 3.71. The number of carbonyl (C=O) groups is 1. The predicted octanol–water partition coefficient (Wildman–Crippen LogP) is 1.09. The van der Waals surface area contributed by atoms with Crippen LogP contribution in [0.3, 0.4) is 0 Å². The molecule has 0 spiro atoms. The molecule has 4 nitrogen and oxygen atoms in total. The minimum atomic E-state index is -3.33. The largest absolute Gasteiger partial charge is 0.390 e. The van der Waals surface area contributed by atoms with Crippen LogP contribution in [0.5, 0.6) is 0 Å². The molecule has 7 heteroatoms. The quantitative estimate of drug-likeness (QED) is 0.841. The Hall–Kier alpha value is -1.27. The van der Waals surface area contributed by atoms with Crippen molar-refractivity contribution in [2.75, 3.05) is 13.2 Å². The molecule has 0 aliphatic rings. The first-order valence-corrected chi connectivity index (χ1v) is 4.71. The van der Waals surface area contributed by atoms with Gasteiger partial charge in [0.15, 0.2) is 0 Å². The van der Waals surface area contributed by atoms with E-state index >= 15 is 0 Å². The second-order valence-electron chi connectivity index (χ2n) is 3.06. The molecular formula is C9H9ClF2N2O2. The second-order valence-corrected chi connectivity index (χ2v) is 3.49. The Balaban J connectivity index is 2.56. The summed E-state index contributed by atoms with van der Waals surface area (Å²) in [5, 5.41) is 10.6. The van der Waals surface area contributed by atoms with Gasteiger partial charge in [-0.1, -0.05) is 11.6 Å². The fraction of sp³-hybridized carbons (Fsp3) is 0.333. The third-order valence-corrected chi connectivity index (χ3v) is 1.92. The topological polar surface area (TPSA) is 62.2 Å². The van der Waals surface area contributed by atoms with Gasteiger partial charge in [-0.2, -0.15) is 0 Å². The summed E-state index contributed by atoms with van der Waals surface area (Å²) in [6, 6.07) is 2.74. The highest BCUT2D eigenvalue weighted by Gasteiger charge is 2.28. The number of rotatable bonds is 4. The Morgan fingerprint density at radius 2 is 2.25 bits per heavy atom. The van der Waals surface area contributed by atoms with Gasteiger partial charge in [0.25, 0.3) is 11.8 Å². The zero-order valence-electron chi connectivity index (χ0n) is 8.08. The first kappa shape index (κ1) is 12.8. The molecule has 0 saturated heterocycles. The molecule has 0 unspecified atom stereocenters. The highest BCUT2D eigenvalue weighted by atomic mass is 35.5. The summed E-state index contributed by atoms with van der Waals surface area (Å²) in [6.07, 6.45) is 1.24. The van der Waals surface area contributed by atoms with Crippen molar-refractivity contribution in [2.45, 2.75) is 5.92 Å². The molecule has 1 aromatic heterocycles. The number of aliphatic hydroxyl groups is 1. The average molecular weight is 251 g/mol. The summed E-state index contributed by atoms with van der Waals surface area (Å²) in [6.45, 7) is -2.26. The van der Waals surface area contributed by atoms with Crippen LogP contribution in [0, 0.1) is 0 Å². The van der Waals surface area contributed by atoms with Gasteiger partial charge in [0.1, 0.15) is 12.3 Å². The number of amides is 1. The van der Waals surface area contributed by atoms with E-state index in [2.05, 4.69) is 4.98 Å². The minimum absolute atomic E-state index is 0.0156. The lowest BCUT2D eigenvalue weighted by atomic mass is 10.3. The van der Waals surface area contributed by atoms with Gasteiger partial charge in [-0.15, -0.1) is 0 Å². The molecular weight excluding hydrogens is 242 g/mol. The lowest BCUT2D eigenvalue weighted by molar-refractivity contribution is -0.0462. The highest BCUT2D eigenvalue weighted by Crippen LogP contribution is 2.10. The standard InChI is InChI=1S/C9H9ClF2N2O2/c10-6-1-2-7(13-3-6)8(16)14-4-9(11,12)5-15/h1-3,15H,4-5H2,(H,14,16). The van der Waals surface area contributed by atoms with Crippen molar-refractivity contribution in [1.82, 2.24) is 10.3 Å². The molecule has 2 N–H and O–H groups in total. The van der Waals surface area contributed by atoms with Gasteiger partial charge in [0.2, 0.25) is 0 Å². The molecule has 1 rings (SSSR count). The lowest BCUT2D eigenvalue weighted by Crippen LogP contribution is -2.39. The van der Waals surface area contributed by atoms with E-state index in [-0.39, 0.29) is 5.69 Å². The molecule has 1 amide bonds. The van der Waals surface area contributed by atoms with Crippen LogP contribution in [-0.2, 0) is 0 Å². The first-order chi connectivity index (χ1) is 7.44. The van der Waals surface area contributed by atoms with E-state index < -0.39 is 25.0 Å². The number of nitrogens with zero attached hydrogens (tertiary/aromatic N) is 1. The van der Waals surface area contributed by atoms with Crippen molar-refractivity contribution < 1.29 is 18.7 Å². The molecule has 0 aliphatic heterocycles. The molecule has 1 heterocycles. The van der Waals surface area contributed by atoms with E-state index in [9.17, 15) is 13.6 Å². The number of aromatic nitrogens is 1. The number of nitrogens with one attached hydrogen (secondary N) is 1. The molecule has 0 radical (unpaired) electrons. The van der Waals surface area contributed by atoms with E-state index in [1.807, 2.05) is 5.32 Å². The van der Waals surface area contributed by atoms with Gasteiger partial charge < -0.3 is 10.4 Å². The van der Waals surface area contributed by atoms with Crippen LogP contribution in [0.15, 0.2) is 18.3 Å². The number of pyridine rings is 1. The van der Waals surface area contributed by atoms with E-state index in [0.717, 1.165) is 0 Å². The SMILES string of the molecule is O=C(NCC(F)(F)CO)c1ccc(Cl)cn1. The van der Waals surface area contributed by atoms with E-state index in [4.69, 9.17) is 16.7 Å². The monoisotopic (exact) mass is 250 g/mol. The highest BCUT2D eigenvalue weighted by molar-refractivity contribution is 6.30. The van der Waals surface area contributed by atoms with Gasteiger partial charge in [0, 0.05) is 6.20 Å². The molecule has 0 aromatic carbocycles. The molecule has 88 valence electrons. The summed E-state index contributed by atoms with van der Waals surface area (Å²) < 4.78 is 25.2. The Morgan fingerprint density at radius 3 is 2.75 bits per heavy atom. The molecule has 0 bridgehead atoms. The summed E-state index contributed by atoms with van der Waals surface area (Å²) >= 11 is 5.54. The third-order valence-electron chi connectivity index (χ3n) is 1.70. The van der Waals surface area contributed by atoms with Gasteiger partial charge >= 0.3 is 0 Å². The lowest BCUT2D eigenvalue weighted by Gasteiger charge is -2.13. The number of alkyl halides is 2. The van der Waals surface area contributed by atoms with Crippen LogP contribution in [0.25, 0.3) is 0 Å². The molecule has 0 saturated carbocycles. The summed E-state index contributed by atoms with van der Waals surface area (Å²) in [5.41, 5.74) is -0.0156. The van der Waals surface area contributed by atoms with Crippen molar-refractivity contribution in [1.29, 1.82) is 0 Å². The number of hydrogen-bond acceptors (Lipinski definition) is 3. The molecule has 0 atom stereocenters. The Kier molecular flexibility index (Phi) is 4.14. The fourth-order valence-corrected chi connectivity index (χ4v) is 0.978. The van der Waals surface area contributed by atoms with Gasteiger partial charge in [-0.3, -0.25) is 4.79 Å². The van der Waals surface area contributed by atoms with E-state index in [0.29, 0.717) is 5.02 Å². The smallest absolute Gasteiger partial charge is 0.287 e. The summed E-state index contributed by atoms with van der Waals surface area (Å²) in [4.78, 5) is 14.9. The Morgan fingerprint density at radius 1 is 1.56 bits per heavy atom. The zero-order valence-corrected chi connectivity index (χ0v) is 8.84. The maximum atomic E-state index is 12.6. The molecule has 0 aliphatic carbocycles. The van der Waals surface area contributed by atoms with Crippen molar-refractivity contribution in [3.05, 3.63) is 29.0 Å². The molecule has 16 heavy (non-hydrogen) atoms. The molecule has 0 fully saturated rings. The second kappa shape index (κ2) is 5.18. The van der Waals surface area contributed by atoms with Crippen LogP contribution in [0.4, 0.5) is 8.78 Å². The maximum Gasteiger partial charge on any atom is 0.287 e. The van der Waals surface area contributed by atoms with Gasteiger partial charge in [-0.05, 0) is 12.1 Å². The van der Waals surface area contributed by atoms with E-state index in [1.165, 1.54) is 18.3 Å². The average Bonchev–Trinajstić information content (AvgIpc) is 2.27. The van der Waals surface area contributed by atoms with Crippen molar-refractivity contribution >= 4 is 17.5 Å². The Labute approximate surface area is 95.3 Å². The summed E-state index contributed by atoms with van der Waals surface area (Å²) in [7, 11) is 0. The van der Waals surface area contributed by atoms with Crippen molar-refractivity contribution in [3.63, 3.8) is 0 Å². The zero-order chi connectivity index (χ0) is 12.2. The maximum absolute atomic E-state index is 12.6. The van der Waals surface area contributed by atoms with Crippen molar-refractivity contribution in [3.8, 4) is 0 Å². The number of aliphatic hydroxyl groups excluding tert-OH is 1. The van der Waals surface area contributed by atoms with E-state index in [1.54, 1.807) is 0 Å². The van der Waals surface area contributed by atoms with Crippen molar-refractivity contribution in [2.24, 2.45) is 0 Å². The first-order valence-electron chi connectivity index (χ1n) is 4.33. The normalized spacial score (nSPS) is 11.2. The molecule has 1 aromatic rings. The van der Waals surface area contributed by atoms with Crippen LogP contribution < -0.4 is 5.32 Å². The summed E-state index contributed by atoms with van der Waals surface area (Å²) in [5.74, 6) is -4.08. The number of carbonyl (C=O) groups excluding carboxylic acids is 1. The fourth-order valence-electron chi connectivity index (χ4n) is 0.866. The van der Waals surface area contributed by atoms with Crippen LogP contribution in [0.1, 0.15) is 10.5 Å². The van der Waals surface area contributed by atoms with Gasteiger partial charge in [0.05, 0.1) is 11.6 Å². The van der Waals surface area contributed by atoms with Gasteiger partial charge in [-0.25, -0.2) is 13.8 Å². The minimum Gasteiger partial charge on any atom is -0.390 e. The van der Waals surface area contributed by atoms with Crippen LogP contribution >= 0.6 is 11.6 Å². The number of hydrogen-bond donors (Lipinski definition) is 2. The Bertz CT molecular complexity index is 370. The number of halogens is 3. The van der Waals surface area contributed by atoms with Crippen LogP contribution in [0.2, 0.25) is 5.02 Å².